The van der Waals surface area contributed by atoms with Crippen molar-refractivity contribution in [2.45, 2.75) is 38.6 Å². The van der Waals surface area contributed by atoms with Crippen LogP contribution in [0.4, 0.5) is 0 Å². The third kappa shape index (κ3) is 4.11. The van der Waals surface area contributed by atoms with Gasteiger partial charge in [-0.2, -0.15) is 0 Å². The number of amides is 1. The molecule has 0 aliphatic carbocycles. The topological polar surface area (TPSA) is 51.0 Å². The molecule has 0 unspecified atom stereocenters. The molecule has 1 aromatic carbocycles. The zero-order valence-electron chi connectivity index (χ0n) is 15.5. The molecule has 4 rings (SSSR count). The van der Waals surface area contributed by atoms with Gasteiger partial charge < -0.3 is 9.47 Å². The number of hydrogen-bond donors (Lipinski definition) is 0. The molecule has 3 aromatic rings. The van der Waals surface area contributed by atoms with Crippen molar-refractivity contribution in [1.29, 1.82) is 0 Å². The minimum atomic E-state index is 0.214. The Hall–Kier alpha value is -2.47. The lowest BCUT2D eigenvalue weighted by Gasteiger charge is -2.33. The molecule has 3 heterocycles. The van der Waals surface area contributed by atoms with Gasteiger partial charge in [-0.25, -0.2) is 9.97 Å². The van der Waals surface area contributed by atoms with E-state index in [1.165, 1.54) is 5.56 Å². The fraction of sp³-hybridized carbons (Fsp3) is 0.381. The van der Waals surface area contributed by atoms with Gasteiger partial charge >= 0.3 is 0 Å². The van der Waals surface area contributed by atoms with Crippen molar-refractivity contribution >= 4 is 17.2 Å². The summed E-state index contributed by atoms with van der Waals surface area (Å²) in [5.41, 5.74) is 5.22. The summed E-state index contributed by atoms with van der Waals surface area (Å²) in [5, 5.41) is 2.07. The maximum absolute atomic E-state index is 12.9. The first kappa shape index (κ1) is 17.9. The lowest BCUT2D eigenvalue weighted by atomic mass is 9.96. The van der Waals surface area contributed by atoms with Gasteiger partial charge in [0.2, 0.25) is 5.91 Å². The second kappa shape index (κ2) is 8.05. The number of imidazole rings is 1. The van der Waals surface area contributed by atoms with Crippen LogP contribution in [0.2, 0.25) is 0 Å². The van der Waals surface area contributed by atoms with Crippen LogP contribution in [-0.2, 0) is 17.8 Å². The lowest BCUT2D eigenvalue weighted by molar-refractivity contribution is -0.131. The van der Waals surface area contributed by atoms with Gasteiger partial charge in [-0.15, -0.1) is 11.3 Å². The van der Waals surface area contributed by atoms with Crippen molar-refractivity contribution < 1.29 is 4.79 Å². The largest absolute Gasteiger partial charge is 0.342 e. The van der Waals surface area contributed by atoms with E-state index in [0.29, 0.717) is 6.42 Å². The van der Waals surface area contributed by atoms with Gasteiger partial charge in [0.1, 0.15) is 5.82 Å². The van der Waals surface area contributed by atoms with E-state index in [4.69, 9.17) is 0 Å². The SMILES string of the molecule is Cc1ccccc1CC(=O)N1CCC[C@H](c2nccn2Cc2cscn2)C1. The van der Waals surface area contributed by atoms with E-state index in [9.17, 15) is 4.79 Å². The number of aryl methyl sites for hydroxylation is 1. The molecular formula is C21H24N4OS. The smallest absolute Gasteiger partial charge is 0.227 e. The first-order chi connectivity index (χ1) is 13.2. The van der Waals surface area contributed by atoms with Crippen molar-refractivity contribution in [2.24, 2.45) is 0 Å². The summed E-state index contributed by atoms with van der Waals surface area (Å²) in [4.78, 5) is 23.9. The molecule has 0 bridgehead atoms. The minimum absolute atomic E-state index is 0.214. The van der Waals surface area contributed by atoms with Gasteiger partial charge in [-0.3, -0.25) is 4.79 Å². The molecule has 2 aromatic heterocycles. The first-order valence-electron chi connectivity index (χ1n) is 9.41. The summed E-state index contributed by atoms with van der Waals surface area (Å²) in [5.74, 6) is 1.57. The maximum Gasteiger partial charge on any atom is 0.227 e. The standard InChI is InChI=1S/C21H24N4OS/c1-16-5-2-3-6-17(16)11-20(26)24-9-4-7-18(12-24)21-22-8-10-25(21)13-19-14-27-15-23-19/h2-3,5-6,8,10,14-15,18H,4,7,9,11-13H2,1H3/t18-/m0/s1. The van der Waals surface area contributed by atoms with E-state index < -0.39 is 0 Å². The minimum Gasteiger partial charge on any atom is -0.342 e. The Morgan fingerprint density at radius 2 is 2.19 bits per heavy atom. The fourth-order valence-electron chi connectivity index (χ4n) is 3.80. The number of rotatable bonds is 5. The molecular weight excluding hydrogens is 356 g/mol. The number of likely N-dealkylation sites (tertiary alicyclic amines) is 1. The van der Waals surface area contributed by atoms with Crippen LogP contribution in [0, 0.1) is 6.92 Å². The Bertz CT molecular complexity index is 903. The highest BCUT2D eigenvalue weighted by atomic mass is 32.1. The first-order valence-corrected chi connectivity index (χ1v) is 10.4. The Balaban J connectivity index is 1.45. The van der Waals surface area contributed by atoms with Gasteiger partial charge in [0, 0.05) is 36.8 Å². The quantitative estimate of drug-likeness (QED) is 0.679. The molecule has 1 atom stereocenters. The Kier molecular flexibility index (Phi) is 5.34. The summed E-state index contributed by atoms with van der Waals surface area (Å²) in [6.45, 7) is 4.40. The number of carbonyl (C=O) groups is 1. The number of nitrogens with zero attached hydrogens (tertiary/aromatic N) is 4. The predicted octanol–water partition coefficient (Wildman–Crippen LogP) is 3.65. The number of carbonyl (C=O) groups excluding carboxylic acids is 1. The van der Waals surface area contributed by atoms with E-state index in [2.05, 4.69) is 39.0 Å². The van der Waals surface area contributed by atoms with Gasteiger partial charge in [0.15, 0.2) is 0 Å². The molecule has 1 aliphatic heterocycles. The highest BCUT2D eigenvalue weighted by Crippen LogP contribution is 2.27. The van der Waals surface area contributed by atoms with Crippen molar-refractivity contribution in [2.75, 3.05) is 13.1 Å². The highest BCUT2D eigenvalue weighted by Gasteiger charge is 2.27. The molecule has 0 N–H and O–H groups in total. The second-order valence-corrected chi connectivity index (χ2v) is 7.89. The molecule has 5 nitrogen and oxygen atoms in total. The van der Waals surface area contributed by atoms with Crippen molar-refractivity contribution in [1.82, 2.24) is 19.4 Å². The van der Waals surface area contributed by atoms with Crippen LogP contribution in [0.25, 0.3) is 0 Å². The molecule has 1 aliphatic rings. The zero-order chi connectivity index (χ0) is 18.6. The number of thiazole rings is 1. The highest BCUT2D eigenvalue weighted by molar-refractivity contribution is 7.07. The van der Waals surface area contributed by atoms with E-state index >= 15 is 0 Å². The molecule has 0 spiro atoms. The fourth-order valence-corrected chi connectivity index (χ4v) is 4.35. The zero-order valence-corrected chi connectivity index (χ0v) is 16.4. The number of aromatic nitrogens is 3. The summed E-state index contributed by atoms with van der Waals surface area (Å²) in [6, 6.07) is 8.14. The summed E-state index contributed by atoms with van der Waals surface area (Å²) in [7, 11) is 0. The Labute approximate surface area is 163 Å². The Morgan fingerprint density at radius 1 is 1.30 bits per heavy atom. The van der Waals surface area contributed by atoms with Crippen LogP contribution < -0.4 is 0 Å². The normalized spacial score (nSPS) is 17.2. The molecule has 6 heteroatoms. The monoisotopic (exact) mass is 380 g/mol. The van der Waals surface area contributed by atoms with Crippen LogP contribution >= 0.6 is 11.3 Å². The van der Waals surface area contributed by atoms with Crippen LogP contribution in [-0.4, -0.2) is 38.4 Å². The average molecular weight is 381 g/mol. The van der Waals surface area contributed by atoms with Gasteiger partial charge in [0.25, 0.3) is 0 Å². The lowest BCUT2D eigenvalue weighted by Crippen LogP contribution is -2.40. The van der Waals surface area contributed by atoms with Crippen molar-refractivity contribution in [3.8, 4) is 0 Å². The van der Waals surface area contributed by atoms with Gasteiger partial charge in [-0.1, -0.05) is 24.3 Å². The van der Waals surface area contributed by atoms with E-state index in [-0.39, 0.29) is 11.8 Å². The van der Waals surface area contributed by atoms with Gasteiger partial charge in [-0.05, 0) is 30.9 Å². The molecule has 140 valence electrons. The number of piperidine rings is 1. The molecule has 1 amide bonds. The van der Waals surface area contributed by atoms with Gasteiger partial charge in [0.05, 0.1) is 24.2 Å². The number of benzene rings is 1. The van der Waals surface area contributed by atoms with Crippen molar-refractivity contribution in [3.05, 3.63) is 70.2 Å². The summed E-state index contributed by atoms with van der Waals surface area (Å²) >= 11 is 1.61. The molecule has 1 fully saturated rings. The maximum atomic E-state index is 12.9. The van der Waals surface area contributed by atoms with Crippen LogP contribution in [0.5, 0.6) is 0 Å². The number of hydrogen-bond acceptors (Lipinski definition) is 4. The molecule has 27 heavy (non-hydrogen) atoms. The van der Waals surface area contributed by atoms with E-state index in [1.54, 1.807) is 11.3 Å². The third-order valence-electron chi connectivity index (χ3n) is 5.31. The van der Waals surface area contributed by atoms with E-state index in [1.807, 2.05) is 34.9 Å². The predicted molar refractivity (Wildman–Crippen MR) is 107 cm³/mol. The van der Waals surface area contributed by atoms with E-state index in [0.717, 1.165) is 49.6 Å². The van der Waals surface area contributed by atoms with Crippen LogP contribution in [0.1, 0.15) is 41.4 Å². The third-order valence-corrected chi connectivity index (χ3v) is 5.94. The second-order valence-electron chi connectivity index (χ2n) is 7.18. The summed E-state index contributed by atoms with van der Waals surface area (Å²) in [6.07, 6.45) is 6.45. The molecule has 0 saturated carbocycles. The molecule has 0 radical (unpaired) electrons. The Morgan fingerprint density at radius 3 is 3.00 bits per heavy atom. The van der Waals surface area contributed by atoms with Crippen molar-refractivity contribution in [3.63, 3.8) is 0 Å². The van der Waals surface area contributed by atoms with Crippen LogP contribution in [0.15, 0.2) is 47.5 Å². The average Bonchev–Trinajstić information content (AvgIpc) is 3.36. The molecule has 1 saturated heterocycles. The summed E-state index contributed by atoms with van der Waals surface area (Å²) < 4.78 is 2.18. The van der Waals surface area contributed by atoms with Crippen LogP contribution in [0.3, 0.4) is 0 Å².